The smallest absolute Gasteiger partial charge is 0.244 e. The fourth-order valence-electron chi connectivity index (χ4n) is 2.42. The van der Waals surface area contributed by atoms with E-state index < -0.39 is 10.0 Å². The van der Waals surface area contributed by atoms with E-state index in [1.807, 2.05) is 38.1 Å². The van der Waals surface area contributed by atoms with Crippen LogP contribution in [0.15, 0.2) is 59.5 Å². The molecule has 0 aliphatic heterocycles. The van der Waals surface area contributed by atoms with Crippen molar-refractivity contribution in [3.05, 3.63) is 71.3 Å². The van der Waals surface area contributed by atoms with E-state index in [-0.39, 0.29) is 16.9 Å². The normalized spacial score (nSPS) is 11.9. The molecule has 7 heteroatoms. The van der Waals surface area contributed by atoms with Crippen LogP contribution in [0, 0.1) is 0 Å². The fraction of sp³-hybridized carbons (Fsp3) is 0.286. The minimum atomic E-state index is -3.46. The molecule has 0 spiro atoms. The molecule has 0 radical (unpaired) electrons. The average Bonchev–Trinajstić information content (AvgIpc) is 2.70. The third kappa shape index (κ3) is 6.60. The lowest BCUT2D eigenvalue weighted by Gasteiger charge is -2.12. The zero-order valence-electron chi connectivity index (χ0n) is 16.3. The Labute approximate surface area is 166 Å². The van der Waals surface area contributed by atoms with Crippen molar-refractivity contribution in [2.24, 2.45) is 0 Å². The molecule has 0 aromatic heterocycles. The molecule has 0 saturated heterocycles. The van der Waals surface area contributed by atoms with Gasteiger partial charge in [-0.15, -0.1) is 0 Å². The summed E-state index contributed by atoms with van der Waals surface area (Å²) in [6.45, 7) is 4.87. The highest BCUT2D eigenvalue weighted by Crippen LogP contribution is 2.12. The van der Waals surface area contributed by atoms with Gasteiger partial charge in [0.25, 0.3) is 0 Å². The Morgan fingerprint density at radius 3 is 2.32 bits per heavy atom. The van der Waals surface area contributed by atoms with Crippen molar-refractivity contribution in [3.63, 3.8) is 0 Å². The molecule has 2 aromatic carbocycles. The first-order valence-corrected chi connectivity index (χ1v) is 10.5. The molecule has 2 N–H and O–H groups in total. The van der Waals surface area contributed by atoms with Crippen molar-refractivity contribution in [1.82, 2.24) is 10.0 Å². The quantitative estimate of drug-likeness (QED) is 0.632. The van der Waals surface area contributed by atoms with Gasteiger partial charge in [-0.2, -0.15) is 0 Å². The molecule has 0 aliphatic carbocycles. The van der Waals surface area contributed by atoms with E-state index >= 15 is 0 Å². The maximum absolute atomic E-state index is 12.1. The Hall–Kier alpha value is -2.48. The molecule has 0 aliphatic rings. The Morgan fingerprint density at radius 1 is 1.07 bits per heavy atom. The van der Waals surface area contributed by atoms with Crippen LogP contribution in [0.1, 0.15) is 30.5 Å². The van der Waals surface area contributed by atoms with E-state index in [2.05, 4.69) is 10.0 Å². The molecule has 0 unspecified atom stereocenters. The second kappa shape index (κ2) is 10.2. The van der Waals surface area contributed by atoms with Gasteiger partial charge in [0.1, 0.15) is 0 Å². The van der Waals surface area contributed by atoms with E-state index in [4.69, 9.17) is 4.74 Å². The molecule has 0 fully saturated rings. The summed E-state index contributed by atoms with van der Waals surface area (Å²) in [6, 6.07) is 14.1. The lowest BCUT2D eigenvalue weighted by Crippen LogP contribution is -2.21. The zero-order valence-corrected chi connectivity index (χ0v) is 17.1. The van der Waals surface area contributed by atoms with Crippen molar-refractivity contribution in [2.45, 2.75) is 38.0 Å². The molecule has 0 atom stereocenters. The van der Waals surface area contributed by atoms with E-state index in [1.54, 1.807) is 18.2 Å². The number of carbonyl (C=O) groups is 1. The summed E-state index contributed by atoms with van der Waals surface area (Å²) in [5.41, 5.74) is 2.78. The number of carbonyl (C=O) groups excluding carboxylic acids is 1. The van der Waals surface area contributed by atoms with Gasteiger partial charge in [-0.25, -0.2) is 13.1 Å². The van der Waals surface area contributed by atoms with Crippen LogP contribution in [0.5, 0.6) is 0 Å². The minimum absolute atomic E-state index is 0.139. The standard InChI is InChI=1S/C21H26N2O4S/c1-16(2)27-15-19-7-5-4-6-18(19)14-23-21(24)13-10-17-8-11-20(12-9-17)28(25,26)22-3/h4-13,16,22H,14-15H2,1-3H3,(H,23,24)/b13-10+. The van der Waals surface area contributed by atoms with Gasteiger partial charge in [-0.1, -0.05) is 36.4 Å². The van der Waals surface area contributed by atoms with Crippen molar-refractivity contribution in [1.29, 1.82) is 0 Å². The van der Waals surface area contributed by atoms with Crippen LogP contribution >= 0.6 is 0 Å². The van der Waals surface area contributed by atoms with Crippen LogP contribution in [0.2, 0.25) is 0 Å². The van der Waals surface area contributed by atoms with Crippen LogP contribution < -0.4 is 10.0 Å². The summed E-state index contributed by atoms with van der Waals surface area (Å²) in [5, 5.41) is 2.85. The molecule has 0 bridgehead atoms. The largest absolute Gasteiger partial charge is 0.374 e. The second-order valence-electron chi connectivity index (χ2n) is 6.46. The van der Waals surface area contributed by atoms with Gasteiger partial charge in [-0.3, -0.25) is 4.79 Å². The molecule has 0 saturated carbocycles. The van der Waals surface area contributed by atoms with E-state index in [9.17, 15) is 13.2 Å². The van der Waals surface area contributed by atoms with Gasteiger partial charge in [0, 0.05) is 12.6 Å². The number of benzene rings is 2. The third-order valence-electron chi connectivity index (χ3n) is 4.03. The van der Waals surface area contributed by atoms with Gasteiger partial charge in [0.15, 0.2) is 0 Å². The SMILES string of the molecule is CNS(=O)(=O)c1ccc(/C=C/C(=O)NCc2ccccc2COC(C)C)cc1. The molecule has 1 amide bonds. The number of amides is 1. The van der Waals surface area contributed by atoms with E-state index in [0.29, 0.717) is 13.2 Å². The topological polar surface area (TPSA) is 84.5 Å². The number of hydrogen-bond donors (Lipinski definition) is 2. The second-order valence-corrected chi connectivity index (χ2v) is 8.34. The summed E-state index contributed by atoms with van der Waals surface area (Å²) < 4.78 is 31.3. The van der Waals surface area contributed by atoms with Gasteiger partial charge in [-0.05, 0) is 55.8 Å². The van der Waals surface area contributed by atoms with Gasteiger partial charge in [0.2, 0.25) is 15.9 Å². The number of ether oxygens (including phenoxy) is 1. The highest BCUT2D eigenvalue weighted by atomic mass is 32.2. The Balaban J connectivity index is 1.94. The molecular formula is C21H26N2O4S. The maximum Gasteiger partial charge on any atom is 0.244 e. The minimum Gasteiger partial charge on any atom is -0.374 e. The fourth-order valence-corrected chi connectivity index (χ4v) is 3.15. The summed E-state index contributed by atoms with van der Waals surface area (Å²) in [7, 11) is -2.10. The van der Waals surface area contributed by atoms with E-state index in [1.165, 1.54) is 25.3 Å². The number of nitrogens with one attached hydrogen (secondary N) is 2. The van der Waals surface area contributed by atoms with Crippen LogP contribution in [0.4, 0.5) is 0 Å². The molecule has 6 nitrogen and oxygen atoms in total. The van der Waals surface area contributed by atoms with Crippen LogP contribution in [0.3, 0.4) is 0 Å². The summed E-state index contributed by atoms with van der Waals surface area (Å²) >= 11 is 0. The highest BCUT2D eigenvalue weighted by Gasteiger charge is 2.10. The number of hydrogen-bond acceptors (Lipinski definition) is 4. The number of sulfonamides is 1. The van der Waals surface area contributed by atoms with Gasteiger partial charge in [0.05, 0.1) is 17.6 Å². The van der Waals surface area contributed by atoms with Gasteiger partial charge < -0.3 is 10.1 Å². The predicted molar refractivity (Wildman–Crippen MR) is 110 cm³/mol. The number of rotatable bonds is 9. The van der Waals surface area contributed by atoms with Crippen LogP contribution in [-0.4, -0.2) is 27.5 Å². The summed E-state index contributed by atoms with van der Waals surface area (Å²) in [4.78, 5) is 12.3. The lowest BCUT2D eigenvalue weighted by molar-refractivity contribution is -0.116. The molecule has 2 rings (SSSR count). The lowest BCUT2D eigenvalue weighted by atomic mass is 10.1. The first-order chi connectivity index (χ1) is 13.3. The van der Waals surface area contributed by atoms with Crippen molar-refractivity contribution in [3.8, 4) is 0 Å². The summed E-state index contributed by atoms with van der Waals surface area (Å²) in [5.74, 6) is -0.230. The first-order valence-electron chi connectivity index (χ1n) is 8.99. The Kier molecular flexibility index (Phi) is 7.92. The van der Waals surface area contributed by atoms with Crippen molar-refractivity contribution < 1.29 is 17.9 Å². The monoisotopic (exact) mass is 402 g/mol. The predicted octanol–water partition coefficient (Wildman–Crippen LogP) is 2.85. The molecule has 2 aromatic rings. The first kappa shape index (κ1) is 21.8. The highest BCUT2D eigenvalue weighted by molar-refractivity contribution is 7.89. The van der Waals surface area contributed by atoms with Crippen LogP contribution in [0.25, 0.3) is 6.08 Å². The molecule has 28 heavy (non-hydrogen) atoms. The zero-order chi connectivity index (χ0) is 20.6. The van der Waals surface area contributed by atoms with E-state index in [0.717, 1.165) is 16.7 Å². The molecule has 150 valence electrons. The Bertz CT molecular complexity index is 920. The Morgan fingerprint density at radius 2 is 1.71 bits per heavy atom. The summed E-state index contributed by atoms with van der Waals surface area (Å²) in [6.07, 6.45) is 3.20. The third-order valence-corrected chi connectivity index (χ3v) is 5.46. The molecule has 0 heterocycles. The van der Waals surface area contributed by atoms with Crippen molar-refractivity contribution in [2.75, 3.05) is 7.05 Å². The van der Waals surface area contributed by atoms with Crippen LogP contribution in [-0.2, 0) is 32.7 Å². The average molecular weight is 403 g/mol. The van der Waals surface area contributed by atoms with Crippen molar-refractivity contribution >= 4 is 22.0 Å². The molecular weight excluding hydrogens is 376 g/mol. The van der Waals surface area contributed by atoms with Gasteiger partial charge >= 0.3 is 0 Å². The maximum atomic E-state index is 12.1.